The van der Waals surface area contributed by atoms with Crippen LogP contribution in [-0.2, 0) is 24.4 Å². The van der Waals surface area contributed by atoms with Crippen LogP contribution in [0.3, 0.4) is 0 Å². The average molecular weight is 373 g/mol. The summed E-state index contributed by atoms with van der Waals surface area (Å²) in [6, 6.07) is 4.11. The smallest absolute Gasteiger partial charge is 0.231 e. The highest BCUT2D eigenvalue weighted by atomic mass is 16.7. The van der Waals surface area contributed by atoms with E-state index in [9.17, 15) is 4.79 Å². The Morgan fingerprint density at radius 3 is 2.74 bits per heavy atom. The zero-order valence-electron chi connectivity index (χ0n) is 15.7. The molecule has 3 heterocycles. The number of ether oxygens (including phenoxy) is 5. The Bertz CT molecular complexity index is 872. The van der Waals surface area contributed by atoms with E-state index in [1.54, 1.807) is 14.2 Å². The highest BCUT2D eigenvalue weighted by Crippen LogP contribution is 2.71. The minimum absolute atomic E-state index is 0.0384. The van der Waals surface area contributed by atoms with Crippen LogP contribution in [-0.4, -0.2) is 62.7 Å². The van der Waals surface area contributed by atoms with E-state index >= 15 is 0 Å². The summed E-state index contributed by atoms with van der Waals surface area (Å²) < 4.78 is 29.7. The molecule has 0 aromatic heterocycles. The topological polar surface area (TPSA) is 66.5 Å². The predicted octanol–water partition coefficient (Wildman–Crippen LogP) is 1.53. The van der Waals surface area contributed by atoms with Gasteiger partial charge in [-0.1, -0.05) is 0 Å². The lowest BCUT2D eigenvalue weighted by Crippen LogP contribution is -2.76. The van der Waals surface area contributed by atoms with E-state index in [-0.39, 0.29) is 24.1 Å². The van der Waals surface area contributed by atoms with E-state index in [1.165, 1.54) is 0 Å². The van der Waals surface area contributed by atoms with Gasteiger partial charge in [-0.3, -0.25) is 9.69 Å². The Hall–Kier alpha value is -1.67. The molecule has 3 aliphatic heterocycles. The van der Waals surface area contributed by atoms with Gasteiger partial charge in [0.2, 0.25) is 12.6 Å². The fourth-order valence-corrected chi connectivity index (χ4v) is 6.82. The first-order valence-electron chi connectivity index (χ1n) is 9.47. The standard InChI is InChI=1S/C20H23NO6/c1-21-5-4-18-8-13(22)17(23-2)20(24-3)19(18,21)9-16(27-20)11-6-14-15(7-12(11)18)26-10-25-14/h6-7,16-17H,4-5,8-10H2,1-3H3/t16-,17-,18-,19-,20+/m0/s1. The lowest BCUT2D eigenvalue weighted by molar-refractivity contribution is -0.309. The second-order valence-electron chi connectivity index (χ2n) is 8.35. The Morgan fingerprint density at radius 1 is 1.22 bits per heavy atom. The van der Waals surface area contributed by atoms with Gasteiger partial charge in [0.15, 0.2) is 23.4 Å². The normalized spacial score (nSPS) is 43.7. The molecule has 2 bridgehead atoms. The third kappa shape index (κ3) is 1.49. The van der Waals surface area contributed by atoms with Gasteiger partial charge in [0.1, 0.15) is 0 Å². The van der Waals surface area contributed by atoms with E-state index in [0.29, 0.717) is 6.42 Å². The van der Waals surface area contributed by atoms with Gasteiger partial charge < -0.3 is 23.7 Å². The Kier molecular flexibility index (Phi) is 2.92. The number of nitrogens with zero attached hydrogens (tertiary/aromatic N) is 1. The van der Waals surface area contributed by atoms with E-state index < -0.39 is 17.4 Å². The molecule has 1 spiro atoms. The van der Waals surface area contributed by atoms with Crippen LogP contribution >= 0.6 is 0 Å². The summed E-state index contributed by atoms with van der Waals surface area (Å²) in [6.07, 6.45) is 1.15. The number of ketones is 1. The third-order valence-electron chi connectivity index (χ3n) is 7.75. The number of likely N-dealkylation sites (N-methyl/N-ethyl adjacent to an activating group) is 1. The molecular weight excluding hydrogens is 350 g/mol. The van der Waals surface area contributed by atoms with Crippen molar-refractivity contribution in [2.75, 3.05) is 34.6 Å². The quantitative estimate of drug-likeness (QED) is 0.779. The van der Waals surface area contributed by atoms with Gasteiger partial charge >= 0.3 is 0 Å². The molecule has 0 N–H and O–H groups in total. The molecular formula is C20H23NO6. The molecule has 5 atom stereocenters. The maximum absolute atomic E-state index is 13.2. The summed E-state index contributed by atoms with van der Waals surface area (Å²) in [4.78, 5) is 15.6. The Labute approximate surface area is 157 Å². The van der Waals surface area contributed by atoms with Crippen molar-refractivity contribution in [2.45, 2.75) is 48.2 Å². The summed E-state index contributed by atoms with van der Waals surface area (Å²) in [5, 5.41) is 0. The maximum atomic E-state index is 13.2. The van der Waals surface area contributed by atoms with Crippen LogP contribution in [0.2, 0.25) is 0 Å². The van der Waals surface area contributed by atoms with Crippen LogP contribution in [0.5, 0.6) is 11.5 Å². The van der Waals surface area contributed by atoms with Gasteiger partial charge in [-0.05, 0) is 43.3 Å². The summed E-state index contributed by atoms with van der Waals surface area (Å²) in [5.74, 6) is 0.406. The van der Waals surface area contributed by atoms with E-state index in [1.807, 2.05) is 6.07 Å². The van der Waals surface area contributed by atoms with Crippen LogP contribution in [0.4, 0.5) is 0 Å². The highest BCUT2D eigenvalue weighted by Gasteiger charge is 2.82. The number of carbonyl (C=O) groups is 1. The van der Waals surface area contributed by atoms with Crippen molar-refractivity contribution in [1.82, 2.24) is 4.90 Å². The molecule has 1 aromatic carbocycles. The van der Waals surface area contributed by atoms with E-state index in [0.717, 1.165) is 42.0 Å². The summed E-state index contributed by atoms with van der Waals surface area (Å²) in [7, 11) is 5.31. The number of likely N-dealkylation sites (tertiary alicyclic amines) is 1. The van der Waals surface area contributed by atoms with Gasteiger partial charge in [-0.25, -0.2) is 0 Å². The maximum Gasteiger partial charge on any atom is 0.231 e. The second-order valence-corrected chi connectivity index (χ2v) is 8.35. The number of hydrogen-bond donors (Lipinski definition) is 0. The van der Waals surface area contributed by atoms with E-state index in [4.69, 9.17) is 23.7 Å². The van der Waals surface area contributed by atoms with Crippen LogP contribution < -0.4 is 9.47 Å². The molecule has 1 aromatic rings. The molecule has 0 amide bonds. The molecule has 3 fully saturated rings. The number of Topliss-reactive ketones (excluding diaryl/α,β-unsaturated/α-hetero) is 1. The molecule has 5 aliphatic rings. The number of fused-ring (bicyclic) bond motifs is 4. The number of carbonyl (C=O) groups excluding carboxylic acids is 1. The lowest BCUT2D eigenvalue weighted by Gasteiger charge is -2.59. The first-order chi connectivity index (χ1) is 13.0. The van der Waals surface area contributed by atoms with Crippen molar-refractivity contribution >= 4 is 5.78 Å². The van der Waals surface area contributed by atoms with Crippen LogP contribution in [0.25, 0.3) is 0 Å². The van der Waals surface area contributed by atoms with Crippen LogP contribution in [0, 0.1) is 0 Å². The molecule has 0 radical (unpaired) electrons. The molecule has 2 saturated heterocycles. The molecule has 0 unspecified atom stereocenters. The molecule has 2 aliphatic carbocycles. The first kappa shape index (κ1) is 16.3. The Balaban J connectivity index is 1.69. The molecule has 1 saturated carbocycles. The zero-order valence-corrected chi connectivity index (χ0v) is 15.7. The number of hydrogen-bond acceptors (Lipinski definition) is 7. The average Bonchev–Trinajstić information content (AvgIpc) is 3.33. The van der Waals surface area contributed by atoms with Crippen molar-refractivity contribution in [3.63, 3.8) is 0 Å². The number of methoxy groups -OCH3 is 2. The predicted molar refractivity (Wildman–Crippen MR) is 92.8 cm³/mol. The number of benzene rings is 1. The minimum Gasteiger partial charge on any atom is -0.454 e. The SMILES string of the molecule is CO[C@H]1C(=O)C[C@]23CCN(C)[C@@]24C[C@H](O[C@]14OC)c1cc2c(cc13)OCO2. The van der Waals surface area contributed by atoms with Crippen LogP contribution in [0.15, 0.2) is 12.1 Å². The second kappa shape index (κ2) is 4.84. The van der Waals surface area contributed by atoms with Crippen LogP contribution in [0.1, 0.15) is 36.5 Å². The molecule has 7 heteroatoms. The van der Waals surface area contributed by atoms with Gasteiger partial charge in [-0.2, -0.15) is 0 Å². The largest absolute Gasteiger partial charge is 0.454 e. The van der Waals surface area contributed by atoms with Crippen molar-refractivity contribution in [1.29, 1.82) is 0 Å². The first-order valence-corrected chi connectivity index (χ1v) is 9.47. The van der Waals surface area contributed by atoms with Crippen molar-refractivity contribution < 1.29 is 28.5 Å². The van der Waals surface area contributed by atoms with Crippen molar-refractivity contribution in [3.8, 4) is 11.5 Å². The minimum atomic E-state index is -1.13. The monoisotopic (exact) mass is 373 g/mol. The summed E-state index contributed by atoms with van der Waals surface area (Å²) in [6.45, 7) is 1.10. The van der Waals surface area contributed by atoms with Crippen molar-refractivity contribution in [3.05, 3.63) is 23.3 Å². The molecule has 27 heavy (non-hydrogen) atoms. The molecule has 7 nitrogen and oxygen atoms in total. The Morgan fingerprint density at radius 2 is 2.00 bits per heavy atom. The fraction of sp³-hybridized carbons (Fsp3) is 0.650. The number of rotatable bonds is 2. The van der Waals surface area contributed by atoms with Gasteiger partial charge in [0, 0.05) is 32.5 Å². The summed E-state index contributed by atoms with van der Waals surface area (Å²) >= 11 is 0. The lowest BCUT2D eigenvalue weighted by atomic mass is 9.51. The van der Waals surface area contributed by atoms with Gasteiger partial charge in [0.05, 0.1) is 11.6 Å². The molecule has 6 rings (SSSR count). The van der Waals surface area contributed by atoms with Gasteiger partial charge in [0.25, 0.3) is 0 Å². The van der Waals surface area contributed by atoms with E-state index in [2.05, 4.69) is 18.0 Å². The third-order valence-corrected chi connectivity index (χ3v) is 7.75. The fourth-order valence-electron chi connectivity index (χ4n) is 6.82. The highest BCUT2D eigenvalue weighted by molar-refractivity contribution is 5.89. The molecule has 144 valence electrons. The van der Waals surface area contributed by atoms with Gasteiger partial charge in [-0.15, -0.1) is 0 Å². The van der Waals surface area contributed by atoms with Crippen molar-refractivity contribution in [2.24, 2.45) is 0 Å². The zero-order chi connectivity index (χ0) is 18.6. The summed E-state index contributed by atoms with van der Waals surface area (Å²) in [5.41, 5.74) is 1.41.